The van der Waals surface area contributed by atoms with Gasteiger partial charge in [-0.1, -0.05) is 18.2 Å². The van der Waals surface area contributed by atoms with Gasteiger partial charge in [-0.05, 0) is 32.4 Å². The summed E-state index contributed by atoms with van der Waals surface area (Å²) in [5.41, 5.74) is 0. The van der Waals surface area contributed by atoms with Gasteiger partial charge in [0, 0.05) is 13.6 Å². The van der Waals surface area contributed by atoms with Crippen LogP contribution in [0.4, 0.5) is 0 Å². The zero-order valence-electron chi connectivity index (χ0n) is 12.8. The van der Waals surface area contributed by atoms with Gasteiger partial charge >= 0.3 is 0 Å². The predicted octanol–water partition coefficient (Wildman–Crippen LogP) is 1.53. The Bertz CT molecular complexity index is 504. The normalized spacial score (nSPS) is 22.6. The molecule has 1 fully saturated rings. The maximum absolute atomic E-state index is 12.2. The minimum atomic E-state index is -0.393. The molecule has 0 spiro atoms. The van der Waals surface area contributed by atoms with Crippen molar-refractivity contribution in [3.8, 4) is 5.75 Å². The van der Waals surface area contributed by atoms with Crippen molar-refractivity contribution in [2.24, 2.45) is 0 Å². The second-order valence-electron chi connectivity index (χ2n) is 5.35. The lowest BCUT2D eigenvalue weighted by Gasteiger charge is -2.41. The average Bonchev–Trinajstić information content (AvgIpc) is 2.51. The van der Waals surface area contributed by atoms with Crippen LogP contribution in [0.1, 0.15) is 20.3 Å². The Hall–Kier alpha value is -2.04. The van der Waals surface area contributed by atoms with E-state index >= 15 is 0 Å². The van der Waals surface area contributed by atoms with Gasteiger partial charge in [-0.15, -0.1) is 0 Å². The first-order chi connectivity index (χ1) is 10.0. The van der Waals surface area contributed by atoms with Crippen molar-refractivity contribution in [2.75, 3.05) is 20.2 Å². The van der Waals surface area contributed by atoms with Crippen LogP contribution in [0.5, 0.6) is 5.75 Å². The van der Waals surface area contributed by atoms with Crippen LogP contribution in [0.15, 0.2) is 30.3 Å². The quantitative estimate of drug-likeness (QED) is 0.773. The van der Waals surface area contributed by atoms with E-state index in [1.165, 1.54) is 4.90 Å². The summed E-state index contributed by atoms with van der Waals surface area (Å²) in [5, 5.41) is 0. The van der Waals surface area contributed by atoms with Crippen molar-refractivity contribution in [2.45, 2.75) is 32.4 Å². The molecular formula is C16H22N2O3. The number of rotatable bonds is 5. The zero-order valence-corrected chi connectivity index (χ0v) is 12.8. The van der Waals surface area contributed by atoms with E-state index in [4.69, 9.17) is 4.74 Å². The Morgan fingerprint density at radius 1 is 1.05 bits per heavy atom. The summed E-state index contributed by atoms with van der Waals surface area (Å²) in [5.74, 6) is 0.815. The third kappa shape index (κ3) is 3.35. The van der Waals surface area contributed by atoms with Crippen LogP contribution < -0.4 is 4.74 Å². The maximum atomic E-state index is 12.2. The molecule has 0 aromatic heterocycles. The molecule has 21 heavy (non-hydrogen) atoms. The van der Waals surface area contributed by atoms with Gasteiger partial charge in [0.05, 0.1) is 6.61 Å². The van der Waals surface area contributed by atoms with Crippen LogP contribution >= 0.6 is 0 Å². The van der Waals surface area contributed by atoms with E-state index in [-0.39, 0.29) is 17.9 Å². The molecule has 0 radical (unpaired) electrons. The van der Waals surface area contributed by atoms with Gasteiger partial charge in [0.25, 0.3) is 0 Å². The summed E-state index contributed by atoms with van der Waals surface area (Å²) < 4.78 is 5.61. The Balaban J connectivity index is 1.84. The van der Waals surface area contributed by atoms with Crippen molar-refractivity contribution in [3.05, 3.63) is 30.3 Å². The molecule has 5 nitrogen and oxygen atoms in total. The predicted molar refractivity (Wildman–Crippen MR) is 80.0 cm³/mol. The molecule has 1 aliphatic heterocycles. The molecule has 0 bridgehead atoms. The lowest BCUT2D eigenvalue weighted by Crippen LogP contribution is -2.61. The number of nitrogens with zero attached hydrogens (tertiary/aromatic N) is 2. The van der Waals surface area contributed by atoms with E-state index in [0.29, 0.717) is 19.6 Å². The van der Waals surface area contributed by atoms with E-state index in [9.17, 15) is 9.59 Å². The van der Waals surface area contributed by atoms with Crippen LogP contribution in [0, 0.1) is 0 Å². The topological polar surface area (TPSA) is 49.9 Å². The van der Waals surface area contributed by atoms with Crippen LogP contribution in [-0.2, 0) is 9.59 Å². The number of piperazine rings is 1. The number of para-hydroxylation sites is 1. The minimum absolute atomic E-state index is 0.00399. The van der Waals surface area contributed by atoms with Gasteiger partial charge in [-0.2, -0.15) is 0 Å². The Morgan fingerprint density at radius 2 is 1.71 bits per heavy atom. The largest absolute Gasteiger partial charge is 0.494 e. The molecule has 0 aliphatic carbocycles. The monoisotopic (exact) mass is 290 g/mol. The molecule has 1 saturated heterocycles. The third-order valence-electron chi connectivity index (χ3n) is 3.95. The van der Waals surface area contributed by atoms with Crippen molar-refractivity contribution in [1.82, 2.24) is 9.80 Å². The van der Waals surface area contributed by atoms with Gasteiger partial charge in [-0.3, -0.25) is 9.59 Å². The highest BCUT2D eigenvalue weighted by molar-refractivity contribution is 5.96. The first-order valence-electron chi connectivity index (χ1n) is 7.27. The fraction of sp³-hybridized carbons (Fsp3) is 0.500. The molecule has 2 atom stereocenters. The smallest absolute Gasteiger partial charge is 0.245 e. The van der Waals surface area contributed by atoms with E-state index < -0.39 is 6.04 Å². The van der Waals surface area contributed by atoms with E-state index in [1.807, 2.05) is 30.3 Å². The molecule has 1 aromatic carbocycles. The molecular weight excluding hydrogens is 268 g/mol. The zero-order chi connectivity index (χ0) is 15.4. The lowest BCUT2D eigenvalue weighted by molar-refractivity contribution is -0.158. The van der Waals surface area contributed by atoms with E-state index in [0.717, 1.165) is 5.75 Å². The summed E-state index contributed by atoms with van der Waals surface area (Å²) >= 11 is 0. The van der Waals surface area contributed by atoms with Crippen LogP contribution in [-0.4, -0.2) is 53.9 Å². The van der Waals surface area contributed by atoms with Crippen molar-refractivity contribution >= 4 is 11.8 Å². The van der Waals surface area contributed by atoms with Crippen LogP contribution in [0.3, 0.4) is 0 Å². The average molecular weight is 290 g/mol. The number of carbonyl (C=O) groups is 2. The molecule has 0 unspecified atom stereocenters. The third-order valence-corrected chi connectivity index (χ3v) is 3.95. The summed E-state index contributed by atoms with van der Waals surface area (Å²) in [4.78, 5) is 27.5. The van der Waals surface area contributed by atoms with Gasteiger partial charge in [-0.25, -0.2) is 0 Å². The molecule has 0 N–H and O–H groups in total. The molecule has 2 amide bonds. The number of amides is 2. The van der Waals surface area contributed by atoms with Crippen LogP contribution in [0.2, 0.25) is 0 Å². The Kier molecular flexibility index (Phi) is 4.83. The van der Waals surface area contributed by atoms with Gasteiger partial charge < -0.3 is 14.5 Å². The standard InChI is InChI=1S/C16H22N2O3/c1-12-16(20)18(13(2)15(19)17(12)3)10-7-11-21-14-8-5-4-6-9-14/h4-6,8-9,12-13H,7,10-11H2,1-3H3/t12-,13-/m0/s1. The molecule has 5 heteroatoms. The summed E-state index contributed by atoms with van der Waals surface area (Å²) in [6, 6.07) is 8.79. The first kappa shape index (κ1) is 15.4. The number of carbonyl (C=O) groups excluding carboxylic acids is 2. The van der Waals surface area contributed by atoms with Gasteiger partial charge in [0.1, 0.15) is 17.8 Å². The number of hydrogen-bond donors (Lipinski definition) is 0. The molecule has 114 valence electrons. The maximum Gasteiger partial charge on any atom is 0.245 e. The molecule has 1 heterocycles. The molecule has 2 rings (SSSR count). The fourth-order valence-electron chi connectivity index (χ4n) is 2.46. The lowest BCUT2D eigenvalue weighted by atomic mass is 10.1. The number of likely N-dealkylation sites (N-methyl/N-ethyl adjacent to an activating group) is 1. The minimum Gasteiger partial charge on any atom is -0.494 e. The number of ether oxygens (including phenoxy) is 1. The Labute approximate surface area is 125 Å². The highest BCUT2D eigenvalue weighted by Crippen LogP contribution is 2.17. The van der Waals surface area contributed by atoms with Gasteiger partial charge in [0.2, 0.25) is 11.8 Å². The summed E-state index contributed by atoms with van der Waals surface area (Å²) in [6.45, 7) is 4.61. The summed E-state index contributed by atoms with van der Waals surface area (Å²) in [6.07, 6.45) is 0.703. The number of benzene rings is 1. The molecule has 1 aliphatic rings. The second-order valence-corrected chi connectivity index (χ2v) is 5.35. The highest BCUT2D eigenvalue weighted by atomic mass is 16.5. The summed E-state index contributed by atoms with van der Waals surface area (Å²) in [7, 11) is 1.68. The van der Waals surface area contributed by atoms with Crippen molar-refractivity contribution in [3.63, 3.8) is 0 Å². The fourth-order valence-corrected chi connectivity index (χ4v) is 2.46. The first-order valence-corrected chi connectivity index (χ1v) is 7.27. The molecule has 1 aromatic rings. The second kappa shape index (κ2) is 6.61. The van der Waals surface area contributed by atoms with Crippen molar-refractivity contribution < 1.29 is 14.3 Å². The highest BCUT2D eigenvalue weighted by Gasteiger charge is 2.39. The molecule has 0 saturated carbocycles. The van der Waals surface area contributed by atoms with Gasteiger partial charge in [0.15, 0.2) is 0 Å². The SMILES string of the molecule is C[C@H]1C(=O)N(CCCOc2ccccc2)[C@@H](C)C(=O)N1C. The van der Waals surface area contributed by atoms with Crippen molar-refractivity contribution in [1.29, 1.82) is 0 Å². The Morgan fingerprint density at radius 3 is 2.38 bits per heavy atom. The van der Waals surface area contributed by atoms with E-state index in [1.54, 1.807) is 25.8 Å². The van der Waals surface area contributed by atoms with E-state index in [2.05, 4.69) is 0 Å². The number of hydrogen-bond acceptors (Lipinski definition) is 3. The van der Waals surface area contributed by atoms with Crippen LogP contribution in [0.25, 0.3) is 0 Å².